The first-order valence-electron chi connectivity index (χ1n) is 10.6. The molecule has 1 fully saturated rings. The van der Waals surface area contributed by atoms with Gasteiger partial charge in [0, 0.05) is 55.5 Å². The molecule has 1 aromatic carbocycles. The van der Waals surface area contributed by atoms with Crippen LogP contribution in [-0.2, 0) is 14.6 Å². The molecule has 1 aliphatic rings. The Morgan fingerprint density at radius 2 is 1.81 bits per heavy atom. The van der Waals surface area contributed by atoms with E-state index in [-0.39, 0.29) is 4.90 Å². The summed E-state index contributed by atoms with van der Waals surface area (Å²) in [6.45, 7) is 3.45. The smallest absolute Gasteiger partial charge is 0.475 e. The molecule has 1 saturated heterocycles. The lowest BCUT2D eigenvalue weighted by molar-refractivity contribution is -0.192. The average molecular weight is 522 g/mol. The van der Waals surface area contributed by atoms with E-state index in [1.807, 2.05) is 24.3 Å². The van der Waals surface area contributed by atoms with Crippen LogP contribution in [0.5, 0.6) is 0 Å². The number of benzene rings is 1. The van der Waals surface area contributed by atoms with Crippen molar-refractivity contribution in [3.05, 3.63) is 54.2 Å². The van der Waals surface area contributed by atoms with E-state index in [0.29, 0.717) is 11.3 Å². The Morgan fingerprint density at radius 3 is 2.39 bits per heavy atom. The summed E-state index contributed by atoms with van der Waals surface area (Å²) in [5.74, 6) is -1.92. The van der Waals surface area contributed by atoms with Crippen molar-refractivity contribution in [2.24, 2.45) is 0 Å². The summed E-state index contributed by atoms with van der Waals surface area (Å²) in [5, 5.41) is 20.0. The number of rotatable bonds is 4. The second-order valence-electron chi connectivity index (χ2n) is 7.83. The van der Waals surface area contributed by atoms with Crippen LogP contribution in [0.4, 0.5) is 19.0 Å². The molecule has 0 aliphatic carbocycles. The van der Waals surface area contributed by atoms with E-state index < -0.39 is 22.0 Å². The molecule has 0 spiro atoms. The monoisotopic (exact) mass is 521 g/mol. The van der Waals surface area contributed by atoms with E-state index in [9.17, 15) is 26.9 Å². The van der Waals surface area contributed by atoms with Gasteiger partial charge in [0.2, 0.25) is 0 Å². The standard InChI is InChI=1S/C21H21N5O2S.C2HF3O2/c1-29(27,28)18-4-2-3-15(11-18)19-12-16(5-6-24-19)20-13-17(14-22)21(25-20)26-9-7-23-8-10-26;3-2(4,5)1(6)7/h2-6,11-13,23,25H,7-10H2,1H3;(H,6,7). The Morgan fingerprint density at radius 1 is 1.14 bits per heavy atom. The number of nitriles is 1. The van der Waals surface area contributed by atoms with Gasteiger partial charge in [-0.2, -0.15) is 18.4 Å². The maximum Gasteiger partial charge on any atom is 0.490 e. The molecule has 0 saturated carbocycles. The molecule has 1 aliphatic heterocycles. The summed E-state index contributed by atoms with van der Waals surface area (Å²) >= 11 is 0. The highest BCUT2D eigenvalue weighted by molar-refractivity contribution is 7.90. The van der Waals surface area contributed by atoms with Gasteiger partial charge in [-0.05, 0) is 30.3 Å². The Hall–Kier alpha value is -3.89. The quantitative estimate of drug-likeness (QED) is 0.476. The van der Waals surface area contributed by atoms with Crippen LogP contribution in [0.25, 0.3) is 22.5 Å². The summed E-state index contributed by atoms with van der Waals surface area (Å²) in [6, 6.07) is 14.7. The number of halogens is 3. The minimum absolute atomic E-state index is 0.259. The number of sulfone groups is 1. The van der Waals surface area contributed by atoms with Gasteiger partial charge in [-0.1, -0.05) is 12.1 Å². The third kappa shape index (κ3) is 6.61. The van der Waals surface area contributed by atoms with Crippen LogP contribution in [-0.4, -0.2) is 68.1 Å². The molecule has 4 rings (SSSR count). The van der Waals surface area contributed by atoms with E-state index in [4.69, 9.17) is 9.90 Å². The first kappa shape index (κ1) is 26.7. The van der Waals surface area contributed by atoms with Crippen molar-refractivity contribution < 1.29 is 31.5 Å². The van der Waals surface area contributed by atoms with E-state index in [1.165, 1.54) is 6.26 Å². The Kier molecular flexibility index (Phi) is 8.01. The number of H-pyrrole nitrogens is 1. The number of piperazine rings is 1. The molecular weight excluding hydrogens is 499 g/mol. The van der Waals surface area contributed by atoms with Crippen LogP contribution in [0.2, 0.25) is 0 Å². The SMILES string of the molecule is CS(=O)(=O)c1cccc(-c2cc(-c3cc(C#N)c(N4CCNCC4)[nH]3)ccn2)c1.O=C(O)C(F)(F)F. The van der Waals surface area contributed by atoms with Gasteiger partial charge < -0.3 is 20.3 Å². The number of carbonyl (C=O) groups is 1. The number of alkyl halides is 3. The second-order valence-corrected chi connectivity index (χ2v) is 9.84. The molecule has 0 unspecified atom stereocenters. The summed E-state index contributed by atoms with van der Waals surface area (Å²) in [6.07, 6.45) is -2.20. The number of hydrogen-bond acceptors (Lipinski definition) is 7. The molecule has 13 heteroatoms. The van der Waals surface area contributed by atoms with Crippen molar-refractivity contribution in [2.45, 2.75) is 11.1 Å². The lowest BCUT2D eigenvalue weighted by atomic mass is 10.1. The molecular formula is C23H22F3N5O4S. The fourth-order valence-corrected chi connectivity index (χ4v) is 4.13. The zero-order chi connectivity index (χ0) is 26.5. The number of pyridine rings is 1. The van der Waals surface area contributed by atoms with Crippen LogP contribution in [0.15, 0.2) is 53.6 Å². The van der Waals surface area contributed by atoms with E-state index in [2.05, 4.69) is 26.3 Å². The van der Waals surface area contributed by atoms with Crippen molar-refractivity contribution >= 4 is 21.6 Å². The molecule has 0 atom stereocenters. The van der Waals surface area contributed by atoms with Crippen LogP contribution < -0.4 is 10.2 Å². The van der Waals surface area contributed by atoms with E-state index in [1.54, 1.807) is 24.4 Å². The van der Waals surface area contributed by atoms with Gasteiger partial charge in [0.05, 0.1) is 16.2 Å². The van der Waals surface area contributed by atoms with Crippen LogP contribution in [0, 0.1) is 11.3 Å². The van der Waals surface area contributed by atoms with Gasteiger partial charge >= 0.3 is 12.1 Å². The van der Waals surface area contributed by atoms with Gasteiger partial charge in [-0.15, -0.1) is 0 Å². The van der Waals surface area contributed by atoms with Gasteiger partial charge in [-0.3, -0.25) is 4.98 Å². The largest absolute Gasteiger partial charge is 0.490 e. The Bertz CT molecular complexity index is 1390. The average Bonchev–Trinajstić information content (AvgIpc) is 3.29. The summed E-state index contributed by atoms with van der Waals surface area (Å²) < 4.78 is 55.5. The van der Waals surface area contributed by atoms with Crippen LogP contribution in [0.1, 0.15) is 5.56 Å². The molecule has 2 aromatic heterocycles. The number of carboxylic acid groups (broad SMARTS) is 1. The number of nitrogens with one attached hydrogen (secondary N) is 2. The number of hydrogen-bond donors (Lipinski definition) is 3. The predicted molar refractivity (Wildman–Crippen MR) is 126 cm³/mol. The third-order valence-corrected chi connectivity index (χ3v) is 6.33. The molecule has 3 N–H and O–H groups in total. The van der Waals surface area contributed by atoms with Gasteiger partial charge in [-0.25, -0.2) is 13.2 Å². The molecule has 3 aromatic rings. The summed E-state index contributed by atoms with van der Waals surface area (Å²) in [5.41, 5.74) is 3.73. The summed E-state index contributed by atoms with van der Waals surface area (Å²) in [7, 11) is -3.29. The minimum atomic E-state index is -5.08. The molecule has 190 valence electrons. The van der Waals surface area contributed by atoms with Crippen molar-refractivity contribution in [1.29, 1.82) is 5.26 Å². The lowest BCUT2D eigenvalue weighted by Crippen LogP contribution is -2.44. The molecule has 9 nitrogen and oxygen atoms in total. The number of aliphatic carboxylic acids is 1. The Labute approximate surface area is 205 Å². The van der Waals surface area contributed by atoms with Crippen molar-refractivity contribution in [3.63, 3.8) is 0 Å². The molecule has 0 bridgehead atoms. The fourth-order valence-electron chi connectivity index (χ4n) is 3.46. The second kappa shape index (κ2) is 10.8. The molecule has 36 heavy (non-hydrogen) atoms. The lowest BCUT2D eigenvalue weighted by Gasteiger charge is -2.28. The third-order valence-electron chi connectivity index (χ3n) is 5.22. The molecule has 3 heterocycles. The minimum Gasteiger partial charge on any atom is -0.475 e. The zero-order valence-corrected chi connectivity index (χ0v) is 19.8. The van der Waals surface area contributed by atoms with Crippen LogP contribution in [0.3, 0.4) is 0 Å². The fraction of sp³-hybridized carbons (Fsp3) is 0.261. The molecule has 0 radical (unpaired) electrons. The van der Waals surface area contributed by atoms with Crippen molar-refractivity contribution in [1.82, 2.24) is 15.3 Å². The number of anilines is 1. The maximum absolute atomic E-state index is 11.9. The number of aromatic nitrogens is 2. The van der Waals surface area contributed by atoms with E-state index in [0.717, 1.165) is 48.8 Å². The highest BCUT2D eigenvalue weighted by Crippen LogP contribution is 2.30. The van der Waals surface area contributed by atoms with Gasteiger partial charge in [0.1, 0.15) is 11.9 Å². The van der Waals surface area contributed by atoms with Crippen LogP contribution >= 0.6 is 0 Å². The highest BCUT2D eigenvalue weighted by atomic mass is 32.2. The maximum atomic E-state index is 11.9. The highest BCUT2D eigenvalue weighted by Gasteiger charge is 2.38. The first-order chi connectivity index (χ1) is 16.9. The van der Waals surface area contributed by atoms with Gasteiger partial charge in [0.15, 0.2) is 9.84 Å². The van der Waals surface area contributed by atoms with Gasteiger partial charge in [0.25, 0.3) is 0 Å². The zero-order valence-electron chi connectivity index (χ0n) is 19.0. The number of nitrogens with zero attached hydrogens (tertiary/aromatic N) is 3. The summed E-state index contributed by atoms with van der Waals surface area (Å²) in [4.78, 5) is 19.1. The Balaban J connectivity index is 0.000000454. The predicted octanol–water partition coefficient (Wildman–Crippen LogP) is 3.06. The molecule has 0 amide bonds. The first-order valence-corrected chi connectivity index (χ1v) is 12.4. The van der Waals surface area contributed by atoms with Crippen molar-refractivity contribution in [3.8, 4) is 28.6 Å². The topological polar surface area (TPSA) is 139 Å². The van der Waals surface area contributed by atoms with Crippen molar-refractivity contribution in [2.75, 3.05) is 37.3 Å². The normalized spacial score (nSPS) is 13.9. The van der Waals surface area contributed by atoms with E-state index >= 15 is 0 Å². The number of aromatic amines is 1. The number of carboxylic acids is 1.